The number of halogens is 2. The molecule has 68 valence electrons. The van der Waals surface area contributed by atoms with Crippen molar-refractivity contribution < 1.29 is 4.74 Å². The van der Waals surface area contributed by atoms with E-state index in [1.165, 1.54) is 7.11 Å². The van der Waals surface area contributed by atoms with Crippen LogP contribution < -0.4 is 4.74 Å². The molecule has 4 heteroatoms. The van der Waals surface area contributed by atoms with Crippen LogP contribution >= 0.6 is 27.5 Å². The zero-order chi connectivity index (χ0) is 9.84. The lowest BCUT2D eigenvalue weighted by Gasteiger charge is -2.06. The minimum absolute atomic E-state index is 0.537. The van der Waals surface area contributed by atoms with Crippen LogP contribution in [0.5, 0.6) is 5.75 Å². The zero-order valence-corrected chi connectivity index (χ0v) is 9.32. The summed E-state index contributed by atoms with van der Waals surface area (Å²) in [5.74, 6) is 0.537. The van der Waals surface area contributed by atoms with Crippen molar-refractivity contribution in [2.75, 3.05) is 7.11 Å². The Morgan fingerprint density at radius 2 is 2.31 bits per heavy atom. The minimum atomic E-state index is 0.537. The third-order valence-corrected chi connectivity index (χ3v) is 2.64. The molecule has 0 aliphatic carbocycles. The quantitative estimate of drug-likeness (QED) is 0.766. The molecule has 1 rings (SSSR count). The van der Waals surface area contributed by atoms with Gasteiger partial charge in [0.2, 0.25) is 0 Å². The van der Waals surface area contributed by atoms with Crippen LogP contribution in [0.1, 0.15) is 11.1 Å². The maximum Gasteiger partial charge on any atom is 0.139 e. The van der Waals surface area contributed by atoms with Crippen LogP contribution in [0.15, 0.2) is 12.1 Å². The molecule has 0 bridgehead atoms. The molecule has 0 radical (unpaired) electrons. The summed E-state index contributed by atoms with van der Waals surface area (Å²) in [5.41, 5.74) is 1.41. The number of benzene rings is 1. The lowest BCUT2D eigenvalue weighted by Crippen LogP contribution is -1.90. The maximum absolute atomic E-state index is 8.70. The predicted octanol–water partition coefficient (Wildman–Crippen LogP) is 3.12. The van der Waals surface area contributed by atoms with Gasteiger partial charge in [-0.05, 0) is 17.7 Å². The first kappa shape index (κ1) is 10.4. The Hall–Kier alpha value is -0.720. The zero-order valence-electron chi connectivity index (χ0n) is 6.97. The van der Waals surface area contributed by atoms with Gasteiger partial charge in [-0.1, -0.05) is 27.5 Å². The lowest BCUT2D eigenvalue weighted by molar-refractivity contribution is 0.414. The predicted molar refractivity (Wildman–Crippen MR) is 55.4 cm³/mol. The summed E-state index contributed by atoms with van der Waals surface area (Å²) < 4.78 is 5.03. The molecule has 2 nitrogen and oxygen atoms in total. The Morgan fingerprint density at radius 1 is 1.62 bits per heavy atom. The highest BCUT2D eigenvalue weighted by Crippen LogP contribution is 2.30. The molecule has 0 fully saturated rings. The van der Waals surface area contributed by atoms with E-state index in [-0.39, 0.29) is 0 Å². The van der Waals surface area contributed by atoms with Gasteiger partial charge in [0.05, 0.1) is 23.8 Å². The molecule has 0 aliphatic rings. The van der Waals surface area contributed by atoms with E-state index < -0.39 is 0 Å². The first-order valence-corrected chi connectivity index (χ1v) is 5.05. The second-order valence-electron chi connectivity index (χ2n) is 2.40. The van der Waals surface area contributed by atoms with E-state index in [0.717, 1.165) is 5.56 Å². The molecule has 0 atom stereocenters. The van der Waals surface area contributed by atoms with Gasteiger partial charge in [-0.25, -0.2) is 0 Å². The van der Waals surface area contributed by atoms with Crippen LogP contribution in [0.3, 0.4) is 0 Å². The van der Waals surface area contributed by atoms with Crippen LogP contribution in [0.4, 0.5) is 0 Å². The Bertz CT molecular complexity index is 334. The van der Waals surface area contributed by atoms with Crippen LogP contribution in [0.25, 0.3) is 0 Å². The van der Waals surface area contributed by atoms with E-state index in [1.54, 1.807) is 12.1 Å². The molecule has 13 heavy (non-hydrogen) atoms. The Kier molecular flexibility index (Phi) is 3.58. The van der Waals surface area contributed by atoms with Crippen molar-refractivity contribution in [1.82, 2.24) is 0 Å². The number of ether oxygens (including phenoxy) is 1. The van der Waals surface area contributed by atoms with Crippen molar-refractivity contribution in [3.05, 3.63) is 28.3 Å². The first-order chi connectivity index (χ1) is 6.22. The molecular formula is C9H7BrClNO. The molecule has 1 aromatic carbocycles. The summed E-state index contributed by atoms with van der Waals surface area (Å²) in [6.07, 6.45) is 0. The average molecular weight is 261 g/mol. The number of alkyl halides is 1. The lowest BCUT2D eigenvalue weighted by atomic mass is 10.1. The van der Waals surface area contributed by atoms with Crippen molar-refractivity contribution in [3.63, 3.8) is 0 Å². The fourth-order valence-electron chi connectivity index (χ4n) is 0.966. The number of methoxy groups -OCH3 is 1. The third-order valence-electron chi connectivity index (χ3n) is 1.61. The molecule has 0 saturated heterocycles. The highest BCUT2D eigenvalue weighted by Gasteiger charge is 2.08. The Balaban J connectivity index is 3.30. The number of rotatable bonds is 2. The first-order valence-electron chi connectivity index (χ1n) is 3.55. The van der Waals surface area contributed by atoms with Crippen molar-refractivity contribution in [2.24, 2.45) is 0 Å². The molecule has 0 saturated carbocycles. The highest BCUT2D eigenvalue weighted by atomic mass is 79.9. The van der Waals surface area contributed by atoms with Gasteiger partial charge in [-0.3, -0.25) is 0 Å². The standard InChI is InChI=1S/C9H7BrClNO/c1-13-8-3-6(5-12)2-7(4-10)9(8)11/h2-3H,4H2,1H3. The van der Waals surface area contributed by atoms with Crippen molar-refractivity contribution >= 4 is 27.5 Å². The maximum atomic E-state index is 8.70. The van der Waals surface area contributed by atoms with Crippen LogP contribution in [-0.4, -0.2) is 7.11 Å². The van der Waals surface area contributed by atoms with Gasteiger partial charge in [-0.2, -0.15) is 5.26 Å². The second kappa shape index (κ2) is 4.50. The summed E-state index contributed by atoms with van der Waals surface area (Å²) in [7, 11) is 1.53. The van der Waals surface area contributed by atoms with Crippen molar-refractivity contribution in [3.8, 4) is 11.8 Å². The van der Waals surface area contributed by atoms with Gasteiger partial charge in [0, 0.05) is 5.33 Å². The van der Waals surface area contributed by atoms with Gasteiger partial charge in [0.25, 0.3) is 0 Å². The largest absolute Gasteiger partial charge is 0.495 e. The molecule has 0 unspecified atom stereocenters. The van der Waals surface area contributed by atoms with Crippen LogP contribution in [0.2, 0.25) is 5.02 Å². The van der Waals surface area contributed by atoms with Crippen molar-refractivity contribution in [1.29, 1.82) is 5.26 Å². The summed E-state index contributed by atoms with van der Waals surface area (Å²) in [6.45, 7) is 0. The number of nitrogens with zero attached hydrogens (tertiary/aromatic N) is 1. The van der Waals surface area contributed by atoms with E-state index in [4.69, 9.17) is 21.6 Å². The summed E-state index contributed by atoms with van der Waals surface area (Å²) >= 11 is 9.26. The topological polar surface area (TPSA) is 33.0 Å². The monoisotopic (exact) mass is 259 g/mol. The summed E-state index contributed by atoms with van der Waals surface area (Å²) in [5, 5.41) is 9.87. The smallest absolute Gasteiger partial charge is 0.139 e. The Morgan fingerprint density at radius 3 is 2.77 bits per heavy atom. The average Bonchev–Trinajstić information content (AvgIpc) is 2.18. The van der Waals surface area contributed by atoms with Gasteiger partial charge < -0.3 is 4.74 Å². The van der Waals surface area contributed by atoms with Gasteiger partial charge in [0.15, 0.2) is 0 Å². The van der Waals surface area contributed by atoms with E-state index in [1.807, 2.05) is 6.07 Å². The highest BCUT2D eigenvalue weighted by molar-refractivity contribution is 9.08. The Labute approximate surface area is 90.2 Å². The van der Waals surface area contributed by atoms with E-state index in [2.05, 4.69) is 15.9 Å². The summed E-state index contributed by atoms with van der Waals surface area (Å²) in [4.78, 5) is 0. The number of hydrogen-bond acceptors (Lipinski definition) is 2. The molecule has 0 aliphatic heterocycles. The molecule has 0 aromatic heterocycles. The van der Waals surface area contributed by atoms with E-state index in [0.29, 0.717) is 21.7 Å². The molecule has 1 aromatic rings. The minimum Gasteiger partial charge on any atom is -0.495 e. The molecule has 0 amide bonds. The normalized spacial score (nSPS) is 9.38. The SMILES string of the molecule is COc1cc(C#N)cc(CBr)c1Cl. The number of nitriles is 1. The van der Waals surface area contributed by atoms with Gasteiger partial charge in [0.1, 0.15) is 5.75 Å². The molecule has 0 N–H and O–H groups in total. The molecule has 0 heterocycles. The van der Waals surface area contributed by atoms with Crippen LogP contribution in [-0.2, 0) is 5.33 Å². The van der Waals surface area contributed by atoms with E-state index in [9.17, 15) is 0 Å². The number of hydrogen-bond donors (Lipinski definition) is 0. The van der Waals surface area contributed by atoms with Crippen LogP contribution in [0, 0.1) is 11.3 Å². The van der Waals surface area contributed by atoms with Crippen molar-refractivity contribution in [2.45, 2.75) is 5.33 Å². The fourth-order valence-corrected chi connectivity index (χ4v) is 1.82. The van der Waals surface area contributed by atoms with Gasteiger partial charge >= 0.3 is 0 Å². The summed E-state index contributed by atoms with van der Waals surface area (Å²) in [6, 6.07) is 5.40. The third kappa shape index (κ3) is 2.15. The fraction of sp³-hybridized carbons (Fsp3) is 0.222. The molecule has 0 spiro atoms. The molecular weight excluding hydrogens is 253 g/mol. The second-order valence-corrected chi connectivity index (χ2v) is 3.34. The van der Waals surface area contributed by atoms with Gasteiger partial charge in [-0.15, -0.1) is 0 Å². The van der Waals surface area contributed by atoms with E-state index >= 15 is 0 Å².